The van der Waals surface area contributed by atoms with Crippen molar-refractivity contribution >= 4 is 46.4 Å². The predicted octanol–water partition coefficient (Wildman–Crippen LogP) is 3.94. The van der Waals surface area contributed by atoms with Gasteiger partial charge >= 0.3 is 6.09 Å². The molecule has 0 bridgehead atoms. The highest BCUT2D eigenvalue weighted by Crippen LogP contribution is 2.44. The molecule has 7 heteroatoms. The summed E-state index contributed by atoms with van der Waals surface area (Å²) in [5.41, 5.74) is -1.25. The molecule has 36 heavy (non-hydrogen) atoms. The third-order valence-corrected chi connectivity index (χ3v) is 9.69. The summed E-state index contributed by atoms with van der Waals surface area (Å²) in [7, 11) is 0. The van der Waals surface area contributed by atoms with Gasteiger partial charge in [-0.3, -0.25) is 9.59 Å². The van der Waals surface area contributed by atoms with Crippen LogP contribution in [-0.2, 0) is 14.3 Å². The Bertz CT molecular complexity index is 1270. The lowest BCUT2D eigenvalue weighted by Gasteiger charge is -2.28. The quantitative estimate of drug-likeness (QED) is 0.253. The Morgan fingerprint density at radius 1 is 0.833 bits per heavy atom. The number of Topliss-reactive ketones (excluding diaryl/α,β-unsaturated/α-hetero) is 1. The van der Waals surface area contributed by atoms with Gasteiger partial charge in [0.05, 0.1) is 6.54 Å². The van der Waals surface area contributed by atoms with Crippen LogP contribution < -0.4 is 15.9 Å². The number of ether oxygens (including phenoxy) is 1. The van der Waals surface area contributed by atoms with Gasteiger partial charge in [-0.05, 0) is 49.4 Å². The molecule has 1 aliphatic rings. The van der Waals surface area contributed by atoms with Crippen molar-refractivity contribution in [2.24, 2.45) is 0 Å². The van der Waals surface area contributed by atoms with Gasteiger partial charge in [-0.15, -0.1) is 0 Å². The summed E-state index contributed by atoms with van der Waals surface area (Å²) in [6, 6.07) is 29.1. The Morgan fingerprint density at radius 2 is 1.25 bits per heavy atom. The van der Waals surface area contributed by atoms with Gasteiger partial charge < -0.3 is 9.84 Å². The van der Waals surface area contributed by atoms with Crippen LogP contribution in [0, 0.1) is 0 Å². The maximum atomic E-state index is 13.2. The molecule has 184 valence electrons. The van der Waals surface area contributed by atoms with Gasteiger partial charge in [-0.2, -0.15) is 0 Å². The zero-order chi connectivity index (χ0) is 25.9. The lowest BCUT2D eigenvalue weighted by Crippen LogP contribution is -2.38. The topological polar surface area (TPSA) is 83.9 Å². The number of imide groups is 1. The number of ketones is 1. The summed E-state index contributed by atoms with van der Waals surface area (Å²) in [4.78, 5) is 39.4. The van der Waals surface area contributed by atoms with Gasteiger partial charge in [-0.25, -0.2) is 9.69 Å². The van der Waals surface area contributed by atoms with E-state index in [9.17, 15) is 19.5 Å². The Morgan fingerprint density at radius 3 is 1.64 bits per heavy atom. The maximum absolute atomic E-state index is 13.2. The van der Waals surface area contributed by atoms with Gasteiger partial charge in [0.1, 0.15) is 16.9 Å². The third-order valence-electron chi connectivity index (χ3n) is 5.72. The highest BCUT2D eigenvalue weighted by Gasteiger charge is 2.42. The van der Waals surface area contributed by atoms with E-state index >= 15 is 0 Å². The van der Waals surface area contributed by atoms with Gasteiger partial charge in [0.25, 0.3) is 5.91 Å². The van der Waals surface area contributed by atoms with Crippen LogP contribution in [0.5, 0.6) is 0 Å². The van der Waals surface area contributed by atoms with Crippen molar-refractivity contribution in [2.75, 3.05) is 6.54 Å². The molecule has 0 atom stereocenters. The highest BCUT2D eigenvalue weighted by molar-refractivity contribution is 7.94. The highest BCUT2D eigenvalue weighted by atomic mass is 31.2. The number of allylic oxidation sites excluding steroid dienone is 1. The molecule has 0 aliphatic carbocycles. The van der Waals surface area contributed by atoms with Crippen molar-refractivity contribution in [2.45, 2.75) is 26.4 Å². The Hall–Kier alpha value is -3.89. The summed E-state index contributed by atoms with van der Waals surface area (Å²) in [6.07, 6.45) is -0.918. The van der Waals surface area contributed by atoms with Crippen LogP contribution in [0.3, 0.4) is 0 Å². The van der Waals surface area contributed by atoms with Gasteiger partial charge in [0, 0.05) is 0 Å². The molecule has 1 saturated heterocycles. The number of amides is 2. The largest absolute Gasteiger partial charge is 0.507 e. The molecular formula is C29H28NO5P. The first kappa shape index (κ1) is 25.2. The van der Waals surface area contributed by atoms with E-state index in [0.29, 0.717) is 0 Å². The number of benzene rings is 3. The average molecular weight is 502 g/mol. The second-order valence-corrected chi connectivity index (χ2v) is 12.7. The molecule has 0 spiro atoms. The zero-order valence-electron chi connectivity index (χ0n) is 20.4. The predicted molar refractivity (Wildman–Crippen MR) is 144 cm³/mol. The second kappa shape index (κ2) is 10.00. The van der Waals surface area contributed by atoms with Crippen molar-refractivity contribution in [3.63, 3.8) is 0 Å². The third kappa shape index (κ3) is 4.91. The van der Waals surface area contributed by atoms with Crippen molar-refractivity contribution in [1.29, 1.82) is 0 Å². The number of carbonyl (C=O) groups is 3. The molecule has 0 saturated carbocycles. The minimum Gasteiger partial charge on any atom is -0.507 e. The second-order valence-electron chi connectivity index (χ2n) is 9.41. The van der Waals surface area contributed by atoms with Crippen LogP contribution >= 0.6 is 6.89 Å². The molecule has 0 unspecified atom stereocenters. The lowest BCUT2D eigenvalue weighted by atomic mass is 10.2. The monoisotopic (exact) mass is 501 g/mol. The standard InChI is InChI=1S/C29H28NO5P/c1-29(2,3)35-28(34)30-19-24(31)26(27(30)33)25(32)20-36(21-13-7-4-8-14-21,22-15-9-5-10-16-22)23-17-11-6-12-18-23/h4-18,20,32H,19H2,1-3H3/b26-25-. The number of nitrogens with zero attached hydrogens (tertiary/aromatic N) is 1. The summed E-state index contributed by atoms with van der Waals surface area (Å²) in [5.74, 6) is -0.306. The van der Waals surface area contributed by atoms with E-state index in [2.05, 4.69) is 0 Å². The molecule has 3 aromatic rings. The van der Waals surface area contributed by atoms with Gasteiger partial charge in [0.2, 0.25) is 0 Å². The van der Waals surface area contributed by atoms with Crippen LogP contribution in [0.25, 0.3) is 0 Å². The van der Waals surface area contributed by atoms with E-state index in [-0.39, 0.29) is 0 Å². The maximum Gasteiger partial charge on any atom is 0.417 e. The Kier molecular flexibility index (Phi) is 7.00. The molecule has 0 radical (unpaired) electrons. The number of likely N-dealkylation sites (tertiary alicyclic amines) is 1. The smallest absolute Gasteiger partial charge is 0.417 e. The van der Waals surface area contributed by atoms with Crippen LogP contribution in [0.15, 0.2) is 102 Å². The first-order valence-corrected chi connectivity index (χ1v) is 13.4. The van der Waals surface area contributed by atoms with Crippen LogP contribution in [-0.4, -0.2) is 45.7 Å². The molecule has 1 heterocycles. The van der Waals surface area contributed by atoms with Crippen molar-refractivity contribution in [3.05, 3.63) is 102 Å². The summed E-state index contributed by atoms with van der Waals surface area (Å²) in [5, 5.41) is 14.2. The Balaban J connectivity index is 1.97. The number of carbonyl (C=O) groups excluding carboxylic acids is 3. The van der Waals surface area contributed by atoms with Gasteiger partial charge in [-0.1, -0.05) is 91.0 Å². The summed E-state index contributed by atoms with van der Waals surface area (Å²) in [6.45, 7) is 1.88. The fourth-order valence-corrected chi connectivity index (χ4v) is 7.94. The number of aliphatic hydroxyl groups excluding tert-OH is 1. The molecular weight excluding hydrogens is 473 g/mol. The normalized spacial score (nSPS) is 15.6. The fraction of sp³-hybridized carbons (Fsp3) is 0.172. The number of hydrogen-bond acceptors (Lipinski definition) is 5. The van der Waals surface area contributed by atoms with Crippen molar-refractivity contribution < 1.29 is 24.2 Å². The summed E-state index contributed by atoms with van der Waals surface area (Å²) >= 11 is 0. The van der Waals surface area contributed by atoms with Crippen molar-refractivity contribution in [3.8, 4) is 0 Å². The molecule has 1 N–H and O–H groups in total. The minimum absolute atomic E-state index is 0.409. The molecule has 1 aliphatic heterocycles. The number of rotatable bonds is 4. The lowest BCUT2D eigenvalue weighted by molar-refractivity contribution is -0.124. The molecule has 6 nitrogen and oxygen atoms in total. The van der Waals surface area contributed by atoms with E-state index in [1.165, 1.54) is 0 Å². The average Bonchev–Trinajstić information content (AvgIpc) is 3.17. The zero-order valence-corrected chi connectivity index (χ0v) is 21.3. The molecule has 0 aromatic heterocycles. The molecule has 3 aromatic carbocycles. The van der Waals surface area contributed by atoms with E-state index < -0.39 is 48.1 Å². The van der Waals surface area contributed by atoms with Crippen LogP contribution in [0.4, 0.5) is 4.79 Å². The molecule has 2 amide bonds. The first-order valence-electron chi connectivity index (χ1n) is 11.6. The van der Waals surface area contributed by atoms with E-state index in [1.807, 2.05) is 91.0 Å². The molecule has 4 rings (SSSR count). The first-order chi connectivity index (χ1) is 17.1. The SMILES string of the molecule is CC(C)(C)OC(=O)N1CC(=O)/C(=C(/O)C=P(c2ccccc2)(c2ccccc2)c2ccccc2)C1=O. The number of hydrogen-bond donors (Lipinski definition) is 1. The Labute approximate surface area is 210 Å². The minimum atomic E-state index is -2.66. The molecule has 1 fully saturated rings. The number of aliphatic hydroxyl groups is 1. The summed E-state index contributed by atoms with van der Waals surface area (Å²) < 4.78 is 5.28. The van der Waals surface area contributed by atoms with E-state index in [1.54, 1.807) is 26.6 Å². The van der Waals surface area contributed by atoms with Gasteiger partial charge in [0.15, 0.2) is 5.78 Å². The van der Waals surface area contributed by atoms with Crippen LogP contribution in [0.2, 0.25) is 0 Å². The van der Waals surface area contributed by atoms with E-state index in [4.69, 9.17) is 4.74 Å². The van der Waals surface area contributed by atoms with Crippen LogP contribution in [0.1, 0.15) is 20.8 Å². The van der Waals surface area contributed by atoms with E-state index in [0.717, 1.165) is 20.8 Å². The fourth-order valence-electron chi connectivity index (χ4n) is 4.17. The van der Waals surface area contributed by atoms with Crippen molar-refractivity contribution in [1.82, 2.24) is 4.90 Å².